The topological polar surface area (TPSA) is 6.48 Å². The second-order valence-electron chi connectivity index (χ2n) is 8.85. The molecule has 2 nitrogen and oxygen atoms in total. The summed E-state index contributed by atoms with van der Waals surface area (Å²) in [5, 5.41) is 0. The lowest BCUT2D eigenvalue weighted by atomic mass is 10.0. The molecule has 0 aromatic heterocycles. The van der Waals surface area contributed by atoms with Crippen LogP contribution in [0.15, 0.2) is 72.8 Å². The highest BCUT2D eigenvalue weighted by Gasteiger charge is 2.29. The summed E-state index contributed by atoms with van der Waals surface area (Å²) in [6.45, 7) is 15.4. The van der Waals surface area contributed by atoms with Gasteiger partial charge in [0.05, 0.1) is 11.4 Å². The van der Waals surface area contributed by atoms with Crippen LogP contribution in [0.1, 0.15) is 45.9 Å². The van der Waals surface area contributed by atoms with Gasteiger partial charge >= 0.3 is 0 Å². The summed E-state index contributed by atoms with van der Waals surface area (Å²) in [4.78, 5) is 4.73. The first-order chi connectivity index (χ1) is 14.8. The van der Waals surface area contributed by atoms with Crippen LogP contribution >= 0.6 is 0 Å². The van der Waals surface area contributed by atoms with Gasteiger partial charge < -0.3 is 9.80 Å². The molecular weight excluding hydrogens is 376 g/mol. The molecule has 0 saturated carbocycles. The molecule has 3 aromatic rings. The predicted octanol–water partition coefficient (Wildman–Crippen LogP) is 7.72. The van der Waals surface area contributed by atoms with Crippen LogP contribution in [0.2, 0.25) is 0 Å². The molecule has 0 N–H and O–H groups in total. The van der Waals surface area contributed by atoms with Crippen molar-refractivity contribution in [3.8, 4) is 0 Å². The average molecular weight is 409 g/mol. The summed E-state index contributed by atoms with van der Waals surface area (Å²) >= 11 is 0. The molecule has 158 valence electrons. The van der Waals surface area contributed by atoms with Crippen LogP contribution in [0.5, 0.6) is 0 Å². The van der Waals surface area contributed by atoms with Crippen molar-refractivity contribution in [2.24, 2.45) is 0 Å². The van der Waals surface area contributed by atoms with E-state index in [1.54, 1.807) is 0 Å². The van der Waals surface area contributed by atoms with Gasteiger partial charge in [-0.2, -0.15) is 0 Å². The predicted molar refractivity (Wildman–Crippen MR) is 134 cm³/mol. The van der Waals surface area contributed by atoms with E-state index in [1.807, 2.05) is 0 Å². The lowest BCUT2D eigenvalue weighted by Crippen LogP contribution is -2.26. The summed E-state index contributed by atoms with van der Waals surface area (Å²) in [6, 6.07) is 19.8. The van der Waals surface area contributed by atoms with E-state index in [-0.39, 0.29) is 0 Å². The minimum absolute atomic E-state index is 1.19. The Hall–Kier alpha value is -3.26. The molecule has 0 aliphatic carbocycles. The third-order valence-electron chi connectivity index (χ3n) is 6.12. The second kappa shape index (κ2) is 8.11. The SMILES string of the molecule is CC(=C1N(c2c(C)cc(C)cc2C)C=CN1c1c(C)cc(C)cc1C)c1ccccc1. The molecule has 31 heavy (non-hydrogen) atoms. The first-order valence-electron chi connectivity index (χ1n) is 11.0. The maximum Gasteiger partial charge on any atom is 0.125 e. The highest BCUT2D eigenvalue weighted by atomic mass is 15.4. The van der Waals surface area contributed by atoms with Crippen LogP contribution in [0.4, 0.5) is 11.4 Å². The zero-order valence-electron chi connectivity index (χ0n) is 19.7. The summed E-state index contributed by atoms with van der Waals surface area (Å²) in [6.07, 6.45) is 4.43. The van der Waals surface area contributed by atoms with Crippen LogP contribution in [0, 0.1) is 41.5 Å². The largest absolute Gasteiger partial charge is 0.301 e. The number of allylic oxidation sites excluding steroid dienone is 1. The summed E-state index contributed by atoms with van der Waals surface area (Å²) in [5.41, 5.74) is 12.8. The van der Waals surface area contributed by atoms with Gasteiger partial charge in [0.15, 0.2) is 0 Å². The number of hydrogen-bond acceptors (Lipinski definition) is 2. The molecular formula is C29H32N2. The van der Waals surface area contributed by atoms with Crippen LogP contribution < -0.4 is 9.80 Å². The van der Waals surface area contributed by atoms with Gasteiger partial charge in [-0.3, -0.25) is 0 Å². The highest BCUT2D eigenvalue weighted by Crippen LogP contribution is 2.41. The molecule has 0 unspecified atom stereocenters. The minimum atomic E-state index is 1.19. The molecule has 1 aliphatic rings. The molecule has 2 heteroatoms. The fourth-order valence-corrected chi connectivity index (χ4v) is 5.03. The molecule has 0 fully saturated rings. The standard InChI is InChI=1S/C29H32N2/c1-19-15-21(3)27(22(4)16-19)30-13-14-31(28-23(5)17-20(2)18-24(28)6)29(30)25(7)26-11-9-8-10-12-26/h8-18H,1-7H3. The van der Waals surface area contributed by atoms with Crippen molar-refractivity contribution in [3.05, 3.63) is 112 Å². The van der Waals surface area contributed by atoms with Crippen LogP contribution in [0.3, 0.4) is 0 Å². The van der Waals surface area contributed by atoms with Gasteiger partial charge in [0.25, 0.3) is 0 Å². The molecule has 0 atom stereocenters. The van der Waals surface area contributed by atoms with E-state index < -0.39 is 0 Å². The van der Waals surface area contributed by atoms with Crippen molar-refractivity contribution < 1.29 is 0 Å². The van der Waals surface area contributed by atoms with Crippen molar-refractivity contribution in [2.75, 3.05) is 9.80 Å². The number of hydrogen-bond donors (Lipinski definition) is 0. The average Bonchev–Trinajstić information content (AvgIpc) is 3.10. The normalized spacial score (nSPS) is 13.3. The lowest BCUT2D eigenvalue weighted by Gasteiger charge is -2.31. The Labute approximate surface area is 187 Å². The molecule has 4 rings (SSSR count). The molecule has 3 aromatic carbocycles. The fourth-order valence-electron chi connectivity index (χ4n) is 5.03. The Morgan fingerprint density at radius 1 is 0.581 bits per heavy atom. The van der Waals surface area contributed by atoms with Crippen molar-refractivity contribution >= 4 is 16.9 Å². The number of anilines is 2. The van der Waals surface area contributed by atoms with E-state index in [1.165, 1.54) is 61.7 Å². The van der Waals surface area contributed by atoms with Gasteiger partial charge in [0.2, 0.25) is 0 Å². The van der Waals surface area contributed by atoms with Gasteiger partial charge in [-0.1, -0.05) is 65.7 Å². The van der Waals surface area contributed by atoms with Crippen LogP contribution in [-0.2, 0) is 0 Å². The van der Waals surface area contributed by atoms with Crippen molar-refractivity contribution in [1.82, 2.24) is 0 Å². The number of benzene rings is 3. The number of rotatable bonds is 3. The smallest absolute Gasteiger partial charge is 0.125 e. The molecule has 1 heterocycles. The van der Waals surface area contributed by atoms with E-state index in [0.717, 1.165) is 0 Å². The summed E-state index contributed by atoms with van der Waals surface area (Å²) in [5.74, 6) is 1.19. The Morgan fingerprint density at radius 3 is 1.35 bits per heavy atom. The van der Waals surface area contributed by atoms with E-state index in [9.17, 15) is 0 Å². The van der Waals surface area contributed by atoms with Gasteiger partial charge in [-0.15, -0.1) is 0 Å². The third kappa shape index (κ3) is 3.79. The summed E-state index contributed by atoms with van der Waals surface area (Å²) in [7, 11) is 0. The van der Waals surface area contributed by atoms with E-state index >= 15 is 0 Å². The maximum atomic E-state index is 2.37. The highest BCUT2D eigenvalue weighted by molar-refractivity contribution is 5.84. The van der Waals surface area contributed by atoms with Crippen molar-refractivity contribution in [2.45, 2.75) is 48.5 Å². The maximum absolute atomic E-state index is 2.37. The number of nitrogens with zero attached hydrogens (tertiary/aromatic N) is 2. The van der Waals surface area contributed by atoms with Gasteiger partial charge in [-0.05, 0) is 81.9 Å². The van der Waals surface area contributed by atoms with Crippen LogP contribution in [0.25, 0.3) is 5.57 Å². The summed E-state index contributed by atoms with van der Waals surface area (Å²) < 4.78 is 0. The van der Waals surface area contributed by atoms with Gasteiger partial charge in [0.1, 0.15) is 5.82 Å². The Bertz CT molecular complexity index is 1080. The second-order valence-corrected chi connectivity index (χ2v) is 8.85. The Kier molecular flexibility index (Phi) is 5.49. The van der Waals surface area contributed by atoms with Gasteiger partial charge in [0, 0.05) is 12.4 Å². The first kappa shape index (κ1) is 21.0. The zero-order chi connectivity index (χ0) is 22.3. The molecule has 1 aliphatic heterocycles. The Balaban J connectivity index is 1.96. The third-order valence-corrected chi connectivity index (χ3v) is 6.12. The molecule has 0 spiro atoms. The minimum Gasteiger partial charge on any atom is -0.301 e. The fraction of sp³-hybridized carbons (Fsp3) is 0.241. The Morgan fingerprint density at radius 2 is 0.968 bits per heavy atom. The van der Waals surface area contributed by atoms with Crippen molar-refractivity contribution in [1.29, 1.82) is 0 Å². The van der Waals surface area contributed by atoms with Crippen LogP contribution in [-0.4, -0.2) is 0 Å². The lowest BCUT2D eigenvalue weighted by molar-refractivity contribution is 1.07. The first-order valence-corrected chi connectivity index (χ1v) is 11.0. The number of aryl methyl sites for hydroxylation is 6. The monoisotopic (exact) mass is 408 g/mol. The van der Waals surface area contributed by atoms with E-state index in [2.05, 4.69) is 125 Å². The molecule has 0 bridgehead atoms. The molecule has 0 saturated heterocycles. The van der Waals surface area contributed by atoms with Crippen molar-refractivity contribution in [3.63, 3.8) is 0 Å². The molecule has 0 radical (unpaired) electrons. The molecule has 0 amide bonds. The zero-order valence-corrected chi connectivity index (χ0v) is 19.7. The van der Waals surface area contributed by atoms with E-state index in [0.29, 0.717) is 0 Å². The van der Waals surface area contributed by atoms with E-state index in [4.69, 9.17) is 0 Å². The quantitative estimate of drug-likeness (QED) is 0.437. The van der Waals surface area contributed by atoms with Gasteiger partial charge in [-0.25, -0.2) is 0 Å².